The van der Waals surface area contributed by atoms with Crippen LogP contribution in [0, 0.1) is 0 Å². The molecule has 0 aromatic carbocycles. The van der Waals surface area contributed by atoms with Gasteiger partial charge in [-0.05, 0) is 51.7 Å². The van der Waals surface area contributed by atoms with Crippen molar-refractivity contribution >= 4 is 11.3 Å². The van der Waals surface area contributed by atoms with Gasteiger partial charge >= 0.3 is 0 Å². The Hall–Kier alpha value is -0.450. The lowest BCUT2D eigenvalue weighted by Crippen LogP contribution is -2.42. The maximum absolute atomic E-state index is 4.67. The molecule has 0 bridgehead atoms. The smallest absolute Gasteiger partial charge is 0.0928 e. The molecule has 0 atom stereocenters. The van der Waals surface area contributed by atoms with E-state index >= 15 is 0 Å². The molecular weight excluding hydrogens is 254 g/mol. The summed E-state index contributed by atoms with van der Waals surface area (Å²) in [5.74, 6) is 0. The second kappa shape index (κ2) is 7.98. The maximum Gasteiger partial charge on any atom is 0.0928 e. The summed E-state index contributed by atoms with van der Waals surface area (Å²) in [6.07, 6.45) is 6.16. The molecule has 0 aliphatic carbocycles. The maximum atomic E-state index is 4.67. The van der Waals surface area contributed by atoms with E-state index in [1.54, 1.807) is 0 Å². The van der Waals surface area contributed by atoms with Crippen LogP contribution >= 0.6 is 11.3 Å². The fourth-order valence-electron chi connectivity index (χ4n) is 2.68. The summed E-state index contributed by atoms with van der Waals surface area (Å²) in [5.41, 5.74) is 1.23. The summed E-state index contributed by atoms with van der Waals surface area (Å²) < 4.78 is 0. The zero-order valence-corrected chi connectivity index (χ0v) is 13.1. The topological polar surface area (TPSA) is 28.2 Å². The summed E-state index contributed by atoms with van der Waals surface area (Å²) in [5, 5.41) is 7.17. The molecule has 1 aliphatic rings. The van der Waals surface area contributed by atoms with Gasteiger partial charge in [-0.1, -0.05) is 13.8 Å². The molecule has 0 amide bonds. The fourth-order valence-corrected chi connectivity index (χ4v) is 3.58. The number of aromatic nitrogens is 1. The number of likely N-dealkylation sites (tertiary alicyclic amines) is 1. The van der Waals surface area contributed by atoms with Crippen molar-refractivity contribution in [3.8, 4) is 0 Å². The number of rotatable bonds is 7. The van der Waals surface area contributed by atoms with Gasteiger partial charge in [0.25, 0.3) is 0 Å². The summed E-state index contributed by atoms with van der Waals surface area (Å²) in [6, 6.07) is 0.685. The Bertz CT molecular complexity index is 356. The minimum Gasteiger partial charge on any atom is -0.308 e. The van der Waals surface area contributed by atoms with Gasteiger partial charge in [0.2, 0.25) is 0 Å². The highest BCUT2D eigenvalue weighted by molar-refractivity contribution is 7.09. The highest BCUT2D eigenvalue weighted by Gasteiger charge is 2.18. The molecule has 2 rings (SSSR count). The van der Waals surface area contributed by atoms with Gasteiger partial charge < -0.3 is 10.2 Å². The Morgan fingerprint density at radius 1 is 1.32 bits per heavy atom. The number of thiazole rings is 1. The van der Waals surface area contributed by atoms with Crippen molar-refractivity contribution in [3.05, 3.63) is 16.1 Å². The third-order valence-electron chi connectivity index (χ3n) is 3.76. The molecule has 0 unspecified atom stereocenters. The molecule has 1 aliphatic heterocycles. The Balaban J connectivity index is 1.68. The predicted octanol–water partition coefficient (Wildman–Crippen LogP) is 3.06. The highest BCUT2D eigenvalue weighted by atomic mass is 32.1. The Morgan fingerprint density at radius 3 is 2.79 bits per heavy atom. The first-order chi connectivity index (χ1) is 9.31. The zero-order chi connectivity index (χ0) is 13.5. The molecule has 1 saturated heterocycles. The van der Waals surface area contributed by atoms with Crippen LogP contribution in [-0.2, 0) is 13.0 Å². The SMILES string of the molecule is CCCc1nc(CNC2CCN(CCC)CC2)cs1. The molecule has 0 saturated carbocycles. The second-order valence-electron chi connectivity index (χ2n) is 5.48. The van der Waals surface area contributed by atoms with Crippen LogP contribution in [-0.4, -0.2) is 35.6 Å². The Labute approximate surface area is 121 Å². The van der Waals surface area contributed by atoms with Gasteiger partial charge in [0.1, 0.15) is 0 Å². The van der Waals surface area contributed by atoms with Crippen molar-refractivity contribution in [2.45, 2.75) is 58.5 Å². The fraction of sp³-hybridized carbons (Fsp3) is 0.800. The van der Waals surface area contributed by atoms with Crippen LogP contribution in [0.3, 0.4) is 0 Å². The van der Waals surface area contributed by atoms with E-state index in [9.17, 15) is 0 Å². The van der Waals surface area contributed by atoms with Crippen molar-refractivity contribution in [2.75, 3.05) is 19.6 Å². The normalized spacial score (nSPS) is 18.0. The summed E-state index contributed by atoms with van der Waals surface area (Å²) in [6.45, 7) is 9.19. The standard InChI is InChI=1S/C15H27N3S/c1-3-5-15-17-14(12-19-15)11-16-13-6-9-18(8-4-2)10-7-13/h12-13,16H,3-11H2,1-2H3. The lowest BCUT2D eigenvalue weighted by atomic mass is 10.0. The summed E-state index contributed by atoms with van der Waals surface area (Å²) in [7, 11) is 0. The van der Waals surface area contributed by atoms with Crippen molar-refractivity contribution in [2.24, 2.45) is 0 Å². The third kappa shape index (κ3) is 4.86. The van der Waals surface area contributed by atoms with Crippen LogP contribution < -0.4 is 5.32 Å². The van der Waals surface area contributed by atoms with Crippen molar-refractivity contribution in [1.29, 1.82) is 0 Å². The number of hydrogen-bond donors (Lipinski definition) is 1. The monoisotopic (exact) mass is 281 g/mol. The number of hydrogen-bond acceptors (Lipinski definition) is 4. The van der Waals surface area contributed by atoms with Gasteiger partial charge in [-0.3, -0.25) is 0 Å². The van der Waals surface area contributed by atoms with E-state index < -0.39 is 0 Å². The molecule has 3 nitrogen and oxygen atoms in total. The van der Waals surface area contributed by atoms with Crippen molar-refractivity contribution < 1.29 is 0 Å². The van der Waals surface area contributed by atoms with E-state index in [2.05, 4.69) is 34.4 Å². The van der Waals surface area contributed by atoms with Crippen LogP contribution in [0.4, 0.5) is 0 Å². The van der Waals surface area contributed by atoms with E-state index in [0.29, 0.717) is 6.04 Å². The van der Waals surface area contributed by atoms with Gasteiger partial charge in [0.05, 0.1) is 10.7 Å². The lowest BCUT2D eigenvalue weighted by Gasteiger charge is -2.32. The molecule has 108 valence electrons. The Morgan fingerprint density at radius 2 is 2.11 bits per heavy atom. The van der Waals surface area contributed by atoms with E-state index in [1.165, 1.54) is 56.0 Å². The first kappa shape index (κ1) is 14.9. The highest BCUT2D eigenvalue weighted by Crippen LogP contribution is 2.14. The van der Waals surface area contributed by atoms with E-state index in [-0.39, 0.29) is 0 Å². The minimum atomic E-state index is 0.685. The predicted molar refractivity (Wildman–Crippen MR) is 82.7 cm³/mol. The first-order valence-corrected chi connectivity index (χ1v) is 8.58. The molecule has 1 N–H and O–H groups in total. The van der Waals surface area contributed by atoms with Crippen LogP contribution in [0.2, 0.25) is 0 Å². The lowest BCUT2D eigenvalue weighted by molar-refractivity contribution is 0.197. The Kier molecular flexibility index (Phi) is 6.28. The second-order valence-corrected chi connectivity index (χ2v) is 6.42. The van der Waals surface area contributed by atoms with Gasteiger partial charge in [-0.25, -0.2) is 4.98 Å². The molecule has 2 heterocycles. The van der Waals surface area contributed by atoms with Gasteiger partial charge in [0, 0.05) is 18.0 Å². The first-order valence-electron chi connectivity index (χ1n) is 7.70. The molecule has 19 heavy (non-hydrogen) atoms. The number of nitrogens with one attached hydrogen (secondary N) is 1. The van der Waals surface area contributed by atoms with Gasteiger partial charge in [0.15, 0.2) is 0 Å². The summed E-state index contributed by atoms with van der Waals surface area (Å²) in [4.78, 5) is 7.26. The van der Waals surface area contributed by atoms with Crippen LogP contribution in [0.15, 0.2) is 5.38 Å². The number of nitrogens with zero attached hydrogens (tertiary/aromatic N) is 2. The quantitative estimate of drug-likeness (QED) is 0.832. The average molecular weight is 281 g/mol. The van der Waals surface area contributed by atoms with Crippen molar-refractivity contribution in [3.63, 3.8) is 0 Å². The summed E-state index contributed by atoms with van der Waals surface area (Å²) >= 11 is 1.81. The number of piperidine rings is 1. The van der Waals surface area contributed by atoms with Crippen LogP contribution in [0.5, 0.6) is 0 Å². The van der Waals surface area contributed by atoms with Gasteiger partial charge in [-0.2, -0.15) is 0 Å². The molecule has 1 aromatic rings. The van der Waals surface area contributed by atoms with E-state index in [1.807, 2.05) is 11.3 Å². The van der Waals surface area contributed by atoms with Crippen LogP contribution in [0.1, 0.15) is 50.2 Å². The third-order valence-corrected chi connectivity index (χ3v) is 4.72. The van der Waals surface area contributed by atoms with Gasteiger partial charge in [-0.15, -0.1) is 11.3 Å². The van der Waals surface area contributed by atoms with E-state index in [0.717, 1.165) is 13.0 Å². The van der Waals surface area contributed by atoms with E-state index in [4.69, 9.17) is 0 Å². The molecule has 0 spiro atoms. The molecule has 1 aromatic heterocycles. The average Bonchev–Trinajstić information content (AvgIpc) is 2.87. The molecule has 4 heteroatoms. The molecule has 0 radical (unpaired) electrons. The van der Waals surface area contributed by atoms with Crippen molar-refractivity contribution in [1.82, 2.24) is 15.2 Å². The zero-order valence-electron chi connectivity index (χ0n) is 12.3. The molecular formula is C15H27N3S. The molecule has 1 fully saturated rings. The largest absolute Gasteiger partial charge is 0.308 e. The van der Waals surface area contributed by atoms with Crippen LogP contribution in [0.25, 0.3) is 0 Å². The number of aryl methyl sites for hydroxylation is 1. The minimum absolute atomic E-state index is 0.685.